The molecule has 1 N–H and O–H groups in total. The molecule has 0 aliphatic heterocycles. The summed E-state index contributed by atoms with van der Waals surface area (Å²) >= 11 is 3.39. The molecule has 1 unspecified atom stereocenters. The highest BCUT2D eigenvalue weighted by Crippen LogP contribution is 2.36. The highest BCUT2D eigenvalue weighted by molar-refractivity contribution is 9.09. The van der Waals surface area contributed by atoms with E-state index in [-0.39, 0.29) is 0 Å². The SMILES string of the molecule is OC1(CBr)CCCc2ccccc21. The van der Waals surface area contributed by atoms with Crippen molar-refractivity contribution < 1.29 is 5.11 Å². The van der Waals surface area contributed by atoms with E-state index in [0.717, 1.165) is 24.8 Å². The maximum absolute atomic E-state index is 10.3. The Morgan fingerprint density at radius 3 is 2.92 bits per heavy atom. The monoisotopic (exact) mass is 240 g/mol. The van der Waals surface area contributed by atoms with Crippen LogP contribution in [0, 0.1) is 0 Å². The first-order valence-electron chi connectivity index (χ1n) is 4.63. The third-order valence-corrected chi connectivity index (χ3v) is 3.70. The predicted molar refractivity (Wildman–Crippen MR) is 57.1 cm³/mol. The molecule has 0 saturated heterocycles. The third kappa shape index (κ3) is 1.53. The lowest BCUT2D eigenvalue weighted by Gasteiger charge is -2.32. The van der Waals surface area contributed by atoms with E-state index in [9.17, 15) is 5.11 Å². The fourth-order valence-corrected chi connectivity index (χ4v) is 2.62. The lowest BCUT2D eigenvalue weighted by Crippen LogP contribution is -2.32. The number of aryl methyl sites for hydroxylation is 1. The van der Waals surface area contributed by atoms with Crippen molar-refractivity contribution in [3.05, 3.63) is 35.4 Å². The summed E-state index contributed by atoms with van der Waals surface area (Å²) in [5.41, 5.74) is 1.78. The Balaban J connectivity index is 2.48. The minimum absolute atomic E-state index is 0.630. The summed E-state index contributed by atoms with van der Waals surface area (Å²) in [4.78, 5) is 0. The lowest BCUT2D eigenvalue weighted by molar-refractivity contribution is 0.0451. The van der Waals surface area contributed by atoms with Crippen molar-refractivity contribution in [3.8, 4) is 0 Å². The molecular weight excluding hydrogens is 228 g/mol. The van der Waals surface area contributed by atoms with Gasteiger partial charge in [0.2, 0.25) is 0 Å². The average molecular weight is 241 g/mol. The van der Waals surface area contributed by atoms with Crippen LogP contribution in [-0.4, -0.2) is 10.4 Å². The molecule has 1 aliphatic rings. The summed E-state index contributed by atoms with van der Waals surface area (Å²) in [6.45, 7) is 0. The van der Waals surface area contributed by atoms with E-state index in [0.29, 0.717) is 5.33 Å². The Labute approximate surface area is 86.9 Å². The van der Waals surface area contributed by atoms with Gasteiger partial charge in [0.25, 0.3) is 0 Å². The summed E-state index contributed by atoms with van der Waals surface area (Å²) in [7, 11) is 0. The number of fused-ring (bicyclic) bond motifs is 1. The first-order valence-corrected chi connectivity index (χ1v) is 5.75. The second-order valence-electron chi connectivity index (χ2n) is 3.68. The van der Waals surface area contributed by atoms with Gasteiger partial charge >= 0.3 is 0 Å². The molecule has 0 aromatic heterocycles. The first-order chi connectivity index (χ1) is 6.26. The van der Waals surface area contributed by atoms with Gasteiger partial charge in [-0.1, -0.05) is 40.2 Å². The molecule has 0 fully saturated rings. The van der Waals surface area contributed by atoms with E-state index in [2.05, 4.69) is 22.0 Å². The normalized spacial score (nSPS) is 26.9. The van der Waals surface area contributed by atoms with Crippen molar-refractivity contribution in [1.29, 1.82) is 0 Å². The van der Waals surface area contributed by atoms with Gasteiger partial charge in [-0.2, -0.15) is 0 Å². The van der Waals surface area contributed by atoms with E-state index in [1.807, 2.05) is 18.2 Å². The van der Waals surface area contributed by atoms with Gasteiger partial charge in [-0.3, -0.25) is 0 Å². The molecule has 1 aliphatic carbocycles. The molecule has 0 radical (unpaired) electrons. The van der Waals surface area contributed by atoms with Crippen molar-refractivity contribution in [2.24, 2.45) is 0 Å². The fourth-order valence-electron chi connectivity index (χ4n) is 2.04. The molecular formula is C11H13BrO. The van der Waals surface area contributed by atoms with Gasteiger partial charge in [-0.15, -0.1) is 0 Å². The molecule has 0 amide bonds. The molecule has 0 heterocycles. The summed E-state index contributed by atoms with van der Waals surface area (Å²) in [6, 6.07) is 8.19. The van der Waals surface area contributed by atoms with E-state index >= 15 is 0 Å². The molecule has 2 rings (SSSR count). The zero-order chi connectivity index (χ0) is 9.31. The summed E-state index contributed by atoms with van der Waals surface area (Å²) in [5.74, 6) is 0. The van der Waals surface area contributed by atoms with Crippen molar-refractivity contribution >= 4 is 15.9 Å². The second kappa shape index (κ2) is 3.43. The van der Waals surface area contributed by atoms with Gasteiger partial charge in [0.05, 0.1) is 5.60 Å². The topological polar surface area (TPSA) is 20.2 Å². The molecule has 2 heteroatoms. The quantitative estimate of drug-likeness (QED) is 0.749. The molecule has 1 aromatic carbocycles. The number of alkyl halides is 1. The van der Waals surface area contributed by atoms with Gasteiger partial charge in [-0.05, 0) is 30.4 Å². The summed E-state index contributed by atoms with van der Waals surface area (Å²) in [6.07, 6.45) is 3.06. The highest BCUT2D eigenvalue weighted by Gasteiger charge is 2.32. The Morgan fingerprint density at radius 2 is 2.15 bits per heavy atom. The summed E-state index contributed by atoms with van der Waals surface area (Å²) in [5, 5.41) is 10.9. The molecule has 0 spiro atoms. The second-order valence-corrected chi connectivity index (χ2v) is 4.24. The van der Waals surface area contributed by atoms with E-state index in [4.69, 9.17) is 0 Å². The van der Waals surface area contributed by atoms with Gasteiger partial charge in [0.1, 0.15) is 0 Å². The number of benzene rings is 1. The number of rotatable bonds is 1. The third-order valence-electron chi connectivity index (χ3n) is 2.78. The van der Waals surface area contributed by atoms with Crippen LogP contribution in [0.5, 0.6) is 0 Å². The van der Waals surface area contributed by atoms with Gasteiger partial charge in [0, 0.05) is 5.33 Å². The number of hydrogen-bond acceptors (Lipinski definition) is 1. The van der Waals surface area contributed by atoms with Crippen LogP contribution in [0.2, 0.25) is 0 Å². The molecule has 1 atom stereocenters. The fraction of sp³-hybridized carbons (Fsp3) is 0.455. The van der Waals surface area contributed by atoms with Gasteiger partial charge in [0.15, 0.2) is 0 Å². The van der Waals surface area contributed by atoms with E-state index < -0.39 is 5.60 Å². The lowest BCUT2D eigenvalue weighted by atomic mass is 9.80. The van der Waals surface area contributed by atoms with Crippen molar-refractivity contribution in [2.75, 3.05) is 5.33 Å². The van der Waals surface area contributed by atoms with Crippen LogP contribution in [0.4, 0.5) is 0 Å². The maximum Gasteiger partial charge on any atom is 0.0995 e. The smallest absolute Gasteiger partial charge is 0.0995 e. The van der Waals surface area contributed by atoms with Crippen LogP contribution in [0.15, 0.2) is 24.3 Å². The van der Waals surface area contributed by atoms with Crippen LogP contribution in [-0.2, 0) is 12.0 Å². The predicted octanol–water partition coefficient (Wildman–Crippen LogP) is 2.61. The van der Waals surface area contributed by atoms with Crippen molar-refractivity contribution in [2.45, 2.75) is 24.9 Å². The molecule has 1 nitrogen and oxygen atoms in total. The molecule has 70 valence electrons. The highest BCUT2D eigenvalue weighted by atomic mass is 79.9. The van der Waals surface area contributed by atoms with Crippen LogP contribution in [0.1, 0.15) is 24.0 Å². The first kappa shape index (κ1) is 9.22. The Kier molecular flexibility index (Phi) is 2.43. The van der Waals surface area contributed by atoms with Crippen LogP contribution >= 0.6 is 15.9 Å². The van der Waals surface area contributed by atoms with Crippen LogP contribution < -0.4 is 0 Å². The maximum atomic E-state index is 10.3. The molecule has 0 saturated carbocycles. The summed E-state index contributed by atoms with van der Waals surface area (Å²) < 4.78 is 0. The molecule has 13 heavy (non-hydrogen) atoms. The standard InChI is InChI=1S/C11H13BrO/c12-8-11(13)7-3-5-9-4-1-2-6-10(9)11/h1-2,4,6,13H,3,5,7-8H2. The minimum Gasteiger partial charge on any atom is -0.384 e. The average Bonchev–Trinajstić information content (AvgIpc) is 2.19. The van der Waals surface area contributed by atoms with Crippen molar-refractivity contribution in [1.82, 2.24) is 0 Å². The Hall–Kier alpha value is -0.340. The Bertz CT molecular complexity index is 311. The molecule has 0 bridgehead atoms. The van der Waals surface area contributed by atoms with E-state index in [1.54, 1.807) is 0 Å². The zero-order valence-corrected chi connectivity index (χ0v) is 9.05. The zero-order valence-electron chi connectivity index (χ0n) is 7.46. The van der Waals surface area contributed by atoms with Crippen LogP contribution in [0.25, 0.3) is 0 Å². The van der Waals surface area contributed by atoms with Gasteiger partial charge in [-0.25, -0.2) is 0 Å². The number of halogens is 1. The largest absolute Gasteiger partial charge is 0.384 e. The number of hydrogen-bond donors (Lipinski definition) is 1. The molecule has 1 aromatic rings. The van der Waals surface area contributed by atoms with Crippen LogP contribution in [0.3, 0.4) is 0 Å². The van der Waals surface area contributed by atoms with Crippen molar-refractivity contribution in [3.63, 3.8) is 0 Å². The number of aliphatic hydroxyl groups is 1. The van der Waals surface area contributed by atoms with Gasteiger partial charge < -0.3 is 5.11 Å². The van der Waals surface area contributed by atoms with E-state index in [1.165, 1.54) is 5.56 Å². The Morgan fingerprint density at radius 1 is 1.38 bits per heavy atom. The minimum atomic E-state index is -0.630.